The second kappa shape index (κ2) is 8.77. The molecule has 7 heteroatoms. The summed E-state index contributed by atoms with van der Waals surface area (Å²) in [4.78, 5) is 38.2. The molecule has 2 atom stereocenters. The lowest BCUT2D eigenvalue weighted by Crippen LogP contribution is -2.45. The van der Waals surface area contributed by atoms with Crippen LogP contribution in [0.1, 0.15) is 34.9 Å². The van der Waals surface area contributed by atoms with Crippen molar-refractivity contribution in [1.29, 1.82) is 0 Å². The number of carbonyl (C=O) groups excluding carboxylic acids is 3. The van der Waals surface area contributed by atoms with Gasteiger partial charge < -0.3 is 21.1 Å². The number of nitrogens with zero attached hydrogens (tertiary/aromatic N) is 1. The smallest absolute Gasteiger partial charge is 0.247 e. The summed E-state index contributed by atoms with van der Waals surface area (Å²) in [5.74, 6) is -0.900. The van der Waals surface area contributed by atoms with Gasteiger partial charge in [-0.1, -0.05) is 42.5 Å². The molecule has 0 saturated carbocycles. The maximum Gasteiger partial charge on any atom is 0.247 e. The minimum atomic E-state index is -1.28. The summed E-state index contributed by atoms with van der Waals surface area (Å²) in [6.45, 7) is 0.409. The molecule has 1 fully saturated rings. The quantitative estimate of drug-likeness (QED) is 0.656. The Morgan fingerprint density at radius 1 is 1.11 bits per heavy atom. The third-order valence-electron chi connectivity index (χ3n) is 4.85. The molecule has 7 nitrogen and oxygen atoms in total. The van der Waals surface area contributed by atoms with Gasteiger partial charge in [-0.3, -0.25) is 14.4 Å². The van der Waals surface area contributed by atoms with Crippen LogP contribution in [0.4, 0.5) is 5.69 Å². The molecular formula is C21H23N3O4. The van der Waals surface area contributed by atoms with Crippen LogP contribution in [0.5, 0.6) is 0 Å². The second-order valence-electron chi connectivity index (χ2n) is 6.69. The average molecular weight is 381 g/mol. The van der Waals surface area contributed by atoms with Gasteiger partial charge in [0.25, 0.3) is 0 Å². The number of rotatable bonds is 6. The molecule has 2 aromatic carbocycles. The minimum Gasteiger partial charge on any atom is -0.380 e. The Balaban J connectivity index is 1.65. The summed E-state index contributed by atoms with van der Waals surface area (Å²) in [6, 6.07) is 14.5. The first-order valence-corrected chi connectivity index (χ1v) is 9.19. The van der Waals surface area contributed by atoms with Crippen LogP contribution in [0.15, 0.2) is 54.6 Å². The number of anilines is 1. The molecule has 0 aliphatic carbocycles. The Labute approximate surface area is 163 Å². The molecule has 1 aliphatic rings. The van der Waals surface area contributed by atoms with E-state index < -0.39 is 12.1 Å². The number of amides is 2. The molecule has 0 spiro atoms. The van der Waals surface area contributed by atoms with Crippen LogP contribution in [0.25, 0.3) is 0 Å². The highest BCUT2D eigenvalue weighted by molar-refractivity contribution is 6.00. The summed E-state index contributed by atoms with van der Waals surface area (Å²) in [6.07, 6.45) is 0.0795. The Hall–Kier alpha value is -3.03. The van der Waals surface area contributed by atoms with E-state index in [1.54, 1.807) is 54.6 Å². The number of likely N-dealkylation sites (tertiary alicyclic amines) is 1. The topological polar surface area (TPSA) is 113 Å². The first kappa shape index (κ1) is 19.7. The number of carbonyl (C=O) groups is 3. The van der Waals surface area contributed by atoms with Gasteiger partial charge in [0.2, 0.25) is 11.8 Å². The molecule has 146 valence electrons. The van der Waals surface area contributed by atoms with E-state index in [0.29, 0.717) is 29.8 Å². The van der Waals surface area contributed by atoms with Gasteiger partial charge in [-0.25, -0.2) is 0 Å². The molecule has 3 rings (SSSR count). The number of aliphatic hydroxyl groups is 1. The summed E-state index contributed by atoms with van der Waals surface area (Å²) >= 11 is 0. The van der Waals surface area contributed by atoms with Crippen LogP contribution in [-0.2, 0) is 9.59 Å². The van der Waals surface area contributed by atoms with Crippen molar-refractivity contribution in [2.24, 2.45) is 5.73 Å². The fourth-order valence-electron chi connectivity index (χ4n) is 3.34. The number of Topliss-reactive ketones (excluding diaryl/α,β-unsaturated/α-hetero) is 1. The molecule has 28 heavy (non-hydrogen) atoms. The van der Waals surface area contributed by atoms with E-state index in [1.807, 2.05) is 0 Å². The number of ketones is 1. The van der Waals surface area contributed by atoms with Crippen molar-refractivity contribution in [3.8, 4) is 0 Å². The van der Waals surface area contributed by atoms with Gasteiger partial charge in [-0.2, -0.15) is 0 Å². The molecule has 2 amide bonds. The van der Waals surface area contributed by atoms with Crippen LogP contribution in [0.2, 0.25) is 0 Å². The molecule has 0 aromatic heterocycles. The lowest BCUT2D eigenvalue weighted by Gasteiger charge is -2.23. The van der Waals surface area contributed by atoms with E-state index in [1.165, 1.54) is 4.90 Å². The first-order chi connectivity index (χ1) is 13.5. The van der Waals surface area contributed by atoms with Crippen molar-refractivity contribution in [2.45, 2.75) is 25.0 Å². The van der Waals surface area contributed by atoms with E-state index in [-0.39, 0.29) is 24.1 Å². The predicted molar refractivity (Wildman–Crippen MR) is 105 cm³/mol. The van der Waals surface area contributed by atoms with Gasteiger partial charge in [0.15, 0.2) is 5.78 Å². The monoisotopic (exact) mass is 381 g/mol. The summed E-state index contributed by atoms with van der Waals surface area (Å²) in [5, 5.41) is 13.1. The Kier molecular flexibility index (Phi) is 6.18. The maximum atomic E-state index is 12.5. The average Bonchev–Trinajstić information content (AvgIpc) is 3.23. The molecule has 0 bridgehead atoms. The highest BCUT2D eigenvalue weighted by Gasteiger charge is 2.33. The van der Waals surface area contributed by atoms with Gasteiger partial charge in [-0.05, 0) is 30.5 Å². The third-order valence-corrected chi connectivity index (χ3v) is 4.85. The van der Waals surface area contributed by atoms with Crippen LogP contribution in [-0.4, -0.2) is 46.7 Å². The number of benzene rings is 2. The molecule has 1 aliphatic heterocycles. The third kappa shape index (κ3) is 4.27. The van der Waals surface area contributed by atoms with Gasteiger partial charge >= 0.3 is 0 Å². The zero-order valence-electron chi connectivity index (χ0n) is 15.4. The SMILES string of the molecule is NCC(=O)N1CCC[C@H]1C(=O)Nc1ccc(C(O)C(=O)c2ccccc2)cc1. The Morgan fingerprint density at radius 3 is 2.43 bits per heavy atom. The summed E-state index contributed by atoms with van der Waals surface area (Å²) < 4.78 is 0. The number of aliphatic hydroxyl groups excluding tert-OH is 1. The standard InChI is InChI=1S/C21H23N3O4/c22-13-18(25)24-12-4-7-17(24)21(28)23-16-10-8-15(9-11-16)20(27)19(26)14-5-2-1-3-6-14/h1-3,5-6,8-11,17,20,27H,4,7,12-13,22H2,(H,23,28)/t17-,20?/m0/s1. The predicted octanol–water partition coefficient (Wildman–Crippen LogP) is 1.49. The highest BCUT2D eigenvalue weighted by Crippen LogP contribution is 2.22. The number of nitrogens with one attached hydrogen (secondary N) is 1. The lowest BCUT2D eigenvalue weighted by molar-refractivity contribution is -0.135. The molecule has 1 heterocycles. The van der Waals surface area contributed by atoms with E-state index in [4.69, 9.17) is 5.73 Å². The Morgan fingerprint density at radius 2 is 1.79 bits per heavy atom. The van der Waals surface area contributed by atoms with Crippen molar-refractivity contribution < 1.29 is 19.5 Å². The highest BCUT2D eigenvalue weighted by atomic mass is 16.3. The Bertz CT molecular complexity index is 852. The molecule has 0 radical (unpaired) electrons. The van der Waals surface area contributed by atoms with Crippen LogP contribution in [0.3, 0.4) is 0 Å². The number of hydrogen-bond acceptors (Lipinski definition) is 5. The van der Waals surface area contributed by atoms with Crippen molar-refractivity contribution in [3.05, 3.63) is 65.7 Å². The van der Waals surface area contributed by atoms with Crippen molar-refractivity contribution in [1.82, 2.24) is 4.90 Å². The molecule has 2 aromatic rings. The van der Waals surface area contributed by atoms with Crippen molar-refractivity contribution >= 4 is 23.3 Å². The summed E-state index contributed by atoms with van der Waals surface area (Å²) in [5.41, 5.74) is 6.80. The maximum absolute atomic E-state index is 12.5. The van der Waals surface area contributed by atoms with Crippen LogP contribution < -0.4 is 11.1 Å². The van der Waals surface area contributed by atoms with Crippen molar-refractivity contribution in [3.63, 3.8) is 0 Å². The fourth-order valence-corrected chi connectivity index (χ4v) is 3.34. The first-order valence-electron chi connectivity index (χ1n) is 9.19. The zero-order valence-corrected chi connectivity index (χ0v) is 15.4. The molecule has 4 N–H and O–H groups in total. The fraction of sp³-hybridized carbons (Fsp3) is 0.286. The second-order valence-corrected chi connectivity index (χ2v) is 6.69. The normalized spacial score (nSPS) is 17.2. The number of nitrogens with two attached hydrogens (primary N) is 1. The van der Waals surface area contributed by atoms with E-state index in [0.717, 1.165) is 6.42 Å². The molecule has 1 saturated heterocycles. The van der Waals surface area contributed by atoms with E-state index in [2.05, 4.69) is 5.32 Å². The van der Waals surface area contributed by atoms with Crippen LogP contribution in [0, 0.1) is 0 Å². The van der Waals surface area contributed by atoms with Crippen molar-refractivity contribution in [2.75, 3.05) is 18.4 Å². The number of hydrogen-bond donors (Lipinski definition) is 3. The van der Waals surface area contributed by atoms with E-state index >= 15 is 0 Å². The van der Waals surface area contributed by atoms with Gasteiger partial charge in [0, 0.05) is 17.8 Å². The van der Waals surface area contributed by atoms with Gasteiger partial charge in [0.1, 0.15) is 12.1 Å². The van der Waals surface area contributed by atoms with Crippen LogP contribution >= 0.6 is 0 Å². The van der Waals surface area contributed by atoms with Gasteiger partial charge in [-0.15, -0.1) is 0 Å². The molecular weight excluding hydrogens is 358 g/mol. The zero-order chi connectivity index (χ0) is 20.1. The minimum absolute atomic E-state index is 0.119. The summed E-state index contributed by atoms with van der Waals surface area (Å²) in [7, 11) is 0. The largest absolute Gasteiger partial charge is 0.380 e. The van der Waals surface area contributed by atoms with Gasteiger partial charge in [0.05, 0.1) is 6.54 Å². The molecule has 1 unspecified atom stereocenters. The lowest BCUT2D eigenvalue weighted by atomic mass is 10.00. The van der Waals surface area contributed by atoms with E-state index in [9.17, 15) is 19.5 Å².